The Kier molecular flexibility index (Phi) is 4.39. The largest absolute Gasteiger partial charge is 0.493 e. The highest BCUT2D eigenvalue weighted by atomic mass is 16.5. The van der Waals surface area contributed by atoms with Crippen LogP contribution in [-0.2, 0) is 0 Å². The molecule has 2 aliphatic rings. The fourth-order valence-corrected chi connectivity index (χ4v) is 3.32. The fourth-order valence-electron chi connectivity index (χ4n) is 3.32. The molecule has 0 aliphatic heterocycles. The lowest BCUT2D eigenvalue weighted by Crippen LogP contribution is -2.36. The molecule has 0 bridgehead atoms. The molecular weight excluding hydrogens is 262 g/mol. The van der Waals surface area contributed by atoms with Crippen molar-refractivity contribution >= 4 is 0 Å². The lowest BCUT2D eigenvalue weighted by Gasteiger charge is -2.26. The smallest absolute Gasteiger partial charge is 0.161 e. The van der Waals surface area contributed by atoms with Crippen molar-refractivity contribution in [2.24, 2.45) is 11.8 Å². The van der Waals surface area contributed by atoms with Gasteiger partial charge >= 0.3 is 0 Å². The first kappa shape index (κ1) is 14.7. The Hall–Kier alpha value is -1.22. The van der Waals surface area contributed by atoms with Gasteiger partial charge in [-0.2, -0.15) is 0 Å². The topological polar surface area (TPSA) is 30.5 Å². The SMILES string of the molecule is CCC(NC(C1CC1)C1CC1)c1ccc(OC)c(OC)c1. The van der Waals surface area contributed by atoms with Crippen LogP contribution in [0.25, 0.3) is 0 Å². The van der Waals surface area contributed by atoms with Crippen molar-refractivity contribution in [1.29, 1.82) is 0 Å². The number of hydrogen-bond acceptors (Lipinski definition) is 3. The van der Waals surface area contributed by atoms with Crippen LogP contribution in [0.2, 0.25) is 0 Å². The summed E-state index contributed by atoms with van der Waals surface area (Å²) >= 11 is 0. The van der Waals surface area contributed by atoms with Gasteiger partial charge < -0.3 is 14.8 Å². The molecule has 3 heteroatoms. The summed E-state index contributed by atoms with van der Waals surface area (Å²) in [6.07, 6.45) is 6.76. The summed E-state index contributed by atoms with van der Waals surface area (Å²) in [5.41, 5.74) is 1.31. The summed E-state index contributed by atoms with van der Waals surface area (Å²) in [4.78, 5) is 0. The minimum Gasteiger partial charge on any atom is -0.493 e. The summed E-state index contributed by atoms with van der Waals surface area (Å²) in [5.74, 6) is 3.47. The van der Waals surface area contributed by atoms with E-state index >= 15 is 0 Å². The standard InChI is InChI=1S/C18H27NO2/c1-4-15(19-18(12-5-6-12)13-7-8-13)14-9-10-16(20-2)17(11-14)21-3/h9-13,15,18-19H,4-8H2,1-3H3. The van der Waals surface area contributed by atoms with Gasteiger partial charge in [0.25, 0.3) is 0 Å². The van der Waals surface area contributed by atoms with E-state index in [1.54, 1.807) is 14.2 Å². The van der Waals surface area contributed by atoms with Crippen molar-refractivity contribution < 1.29 is 9.47 Å². The molecule has 1 aromatic rings. The molecule has 0 amide bonds. The second kappa shape index (κ2) is 6.27. The second-order valence-corrected chi connectivity index (χ2v) is 6.44. The molecule has 3 nitrogen and oxygen atoms in total. The number of ether oxygens (including phenoxy) is 2. The van der Waals surface area contributed by atoms with Crippen molar-refractivity contribution in [2.75, 3.05) is 14.2 Å². The van der Waals surface area contributed by atoms with Crippen LogP contribution in [0.1, 0.15) is 50.6 Å². The van der Waals surface area contributed by atoms with E-state index in [1.165, 1.54) is 31.2 Å². The molecule has 2 aliphatic carbocycles. The molecule has 1 aromatic carbocycles. The van der Waals surface area contributed by atoms with Crippen LogP contribution in [0.4, 0.5) is 0 Å². The quantitative estimate of drug-likeness (QED) is 0.786. The van der Waals surface area contributed by atoms with Gasteiger partial charge in [-0.05, 0) is 61.6 Å². The van der Waals surface area contributed by atoms with Gasteiger partial charge in [-0.25, -0.2) is 0 Å². The number of methoxy groups -OCH3 is 2. The third-order valence-corrected chi connectivity index (χ3v) is 4.87. The molecule has 0 radical (unpaired) electrons. The van der Waals surface area contributed by atoms with E-state index in [0.29, 0.717) is 6.04 Å². The zero-order valence-corrected chi connectivity index (χ0v) is 13.4. The average molecular weight is 289 g/mol. The van der Waals surface area contributed by atoms with Crippen LogP contribution in [0.3, 0.4) is 0 Å². The molecule has 1 N–H and O–H groups in total. The minimum absolute atomic E-state index is 0.413. The van der Waals surface area contributed by atoms with Gasteiger partial charge in [0.15, 0.2) is 11.5 Å². The monoisotopic (exact) mass is 289 g/mol. The van der Waals surface area contributed by atoms with Gasteiger partial charge in [0.1, 0.15) is 0 Å². The molecule has 0 spiro atoms. The molecule has 1 atom stereocenters. The van der Waals surface area contributed by atoms with Crippen LogP contribution in [0, 0.1) is 11.8 Å². The van der Waals surface area contributed by atoms with Crippen LogP contribution >= 0.6 is 0 Å². The van der Waals surface area contributed by atoms with Gasteiger partial charge in [0.2, 0.25) is 0 Å². The number of nitrogens with one attached hydrogen (secondary N) is 1. The summed E-state index contributed by atoms with van der Waals surface area (Å²) < 4.78 is 10.8. The summed E-state index contributed by atoms with van der Waals surface area (Å²) in [7, 11) is 3.39. The number of benzene rings is 1. The van der Waals surface area contributed by atoms with E-state index in [2.05, 4.69) is 24.4 Å². The fraction of sp³-hybridized carbons (Fsp3) is 0.667. The van der Waals surface area contributed by atoms with Crippen LogP contribution in [0.15, 0.2) is 18.2 Å². The van der Waals surface area contributed by atoms with Crippen LogP contribution < -0.4 is 14.8 Å². The first-order valence-corrected chi connectivity index (χ1v) is 8.24. The van der Waals surface area contributed by atoms with E-state index in [0.717, 1.165) is 35.8 Å². The minimum atomic E-state index is 0.413. The third kappa shape index (κ3) is 3.34. The highest BCUT2D eigenvalue weighted by Gasteiger charge is 2.42. The molecule has 0 heterocycles. The normalized spacial score (nSPS) is 19.6. The maximum Gasteiger partial charge on any atom is 0.161 e. The van der Waals surface area contributed by atoms with Gasteiger partial charge in [0.05, 0.1) is 14.2 Å². The summed E-state index contributed by atoms with van der Waals surface area (Å²) in [6, 6.07) is 7.44. The van der Waals surface area contributed by atoms with Crippen molar-refractivity contribution in [3.05, 3.63) is 23.8 Å². The van der Waals surface area contributed by atoms with Gasteiger partial charge in [-0.3, -0.25) is 0 Å². The number of hydrogen-bond donors (Lipinski definition) is 1. The highest BCUT2D eigenvalue weighted by molar-refractivity contribution is 5.43. The van der Waals surface area contributed by atoms with Gasteiger partial charge in [-0.1, -0.05) is 13.0 Å². The van der Waals surface area contributed by atoms with Crippen LogP contribution in [0.5, 0.6) is 11.5 Å². The van der Waals surface area contributed by atoms with Crippen molar-refractivity contribution in [3.8, 4) is 11.5 Å². The molecule has 2 saturated carbocycles. The average Bonchev–Trinajstić information content (AvgIpc) is 3.40. The first-order chi connectivity index (χ1) is 10.3. The van der Waals surface area contributed by atoms with Crippen molar-refractivity contribution in [1.82, 2.24) is 5.32 Å². The van der Waals surface area contributed by atoms with Crippen LogP contribution in [-0.4, -0.2) is 20.3 Å². The van der Waals surface area contributed by atoms with Crippen molar-refractivity contribution in [2.45, 2.75) is 51.1 Å². The van der Waals surface area contributed by atoms with Gasteiger partial charge in [0, 0.05) is 12.1 Å². The highest BCUT2D eigenvalue weighted by Crippen LogP contribution is 2.45. The molecule has 1 unspecified atom stereocenters. The molecule has 0 aromatic heterocycles. The Balaban J connectivity index is 1.75. The summed E-state index contributed by atoms with van der Waals surface area (Å²) in [5, 5.41) is 3.94. The Morgan fingerprint density at radius 1 is 1.05 bits per heavy atom. The Labute approximate surface area is 128 Å². The van der Waals surface area contributed by atoms with E-state index in [-0.39, 0.29) is 0 Å². The van der Waals surface area contributed by atoms with E-state index < -0.39 is 0 Å². The summed E-state index contributed by atoms with van der Waals surface area (Å²) in [6.45, 7) is 2.26. The Morgan fingerprint density at radius 3 is 2.14 bits per heavy atom. The Bertz CT molecular complexity index is 468. The zero-order valence-electron chi connectivity index (χ0n) is 13.4. The van der Waals surface area contributed by atoms with E-state index in [9.17, 15) is 0 Å². The zero-order chi connectivity index (χ0) is 14.8. The molecule has 21 heavy (non-hydrogen) atoms. The number of rotatable bonds is 8. The first-order valence-electron chi connectivity index (χ1n) is 8.24. The molecule has 2 fully saturated rings. The predicted octanol–water partition coefficient (Wildman–Crippen LogP) is 3.93. The molecule has 0 saturated heterocycles. The molecular formula is C18H27NO2. The maximum absolute atomic E-state index is 5.44. The molecule has 3 rings (SSSR count). The lowest BCUT2D eigenvalue weighted by atomic mass is 9.99. The van der Waals surface area contributed by atoms with Crippen molar-refractivity contribution in [3.63, 3.8) is 0 Å². The third-order valence-electron chi connectivity index (χ3n) is 4.87. The van der Waals surface area contributed by atoms with Gasteiger partial charge in [-0.15, -0.1) is 0 Å². The predicted molar refractivity (Wildman–Crippen MR) is 84.9 cm³/mol. The maximum atomic E-state index is 5.44. The Morgan fingerprint density at radius 2 is 1.67 bits per heavy atom. The second-order valence-electron chi connectivity index (χ2n) is 6.44. The van der Waals surface area contributed by atoms with E-state index in [4.69, 9.17) is 9.47 Å². The van der Waals surface area contributed by atoms with E-state index in [1.807, 2.05) is 6.07 Å². The molecule has 116 valence electrons. The lowest BCUT2D eigenvalue weighted by molar-refractivity contribution is 0.346.